The van der Waals surface area contributed by atoms with Crippen LogP contribution in [0.2, 0.25) is 0 Å². The fraction of sp³-hybridized carbons (Fsp3) is 0.294. The molecule has 22 heavy (non-hydrogen) atoms. The van der Waals surface area contributed by atoms with Crippen LogP contribution in [0.1, 0.15) is 31.0 Å². The summed E-state index contributed by atoms with van der Waals surface area (Å²) in [4.78, 5) is 0.231. The molecule has 5 heteroatoms. The van der Waals surface area contributed by atoms with E-state index in [0.717, 1.165) is 11.1 Å². The van der Waals surface area contributed by atoms with E-state index < -0.39 is 10.0 Å². The second-order valence-corrected chi connectivity index (χ2v) is 6.87. The number of benzene rings is 2. The Morgan fingerprint density at radius 3 is 2.18 bits per heavy atom. The minimum atomic E-state index is -3.56. The summed E-state index contributed by atoms with van der Waals surface area (Å²) in [5.74, 6) is 0.660. The molecule has 118 valence electrons. The third-order valence-electron chi connectivity index (χ3n) is 3.35. The van der Waals surface area contributed by atoms with E-state index in [-0.39, 0.29) is 10.9 Å². The first-order valence-electron chi connectivity index (χ1n) is 7.24. The monoisotopic (exact) mass is 319 g/mol. The Balaban J connectivity index is 2.14. The maximum Gasteiger partial charge on any atom is 0.241 e. The van der Waals surface area contributed by atoms with Crippen LogP contribution in [-0.4, -0.2) is 15.0 Å². The Bertz CT molecular complexity index is 707. The molecule has 4 nitrogen and oxygen atoms in total. The Kier molecular flexibility index (Phi) is 5.21. The fourth-order valence-corrected chi connectivity index (χ4v) is 3.34. The normalized spacial score (nSPS) is 12.9. The van der Waals surface area contributed by atoms with E-state index in [0.29, 0.717) is 12.4 Å². The summed E-state index contributed by atoms with van der Waals surface area (Å²) in [7, 11) is -3.56. The van der Waals surface area contributed by atoms with Crippen LogP contribution in [0.3, 0.4) is 0 Å². The van der Waals surface area contributed by atoms with Crippen molar-refractivity contribution in [1.82, 2.24) is 4.72 Å². The number of rotatable bonds is 6. The van der Waals surface area contributed by atoms with E-state index in [4.69, 9.17) is 4.74 Å². The van der Waals surface area contributed by atoms with Crippen LogP contribution in [0, 0.1) is 6.92 Å². The van der Waals surface area contributed by atoms with Crippen molar-refractivity contribution in [1.29, 1.82) is 0 Å². The largest absolute Gasteiger partial charge is 0.494 e. The maximum atomic E-state index is 12.4. The summed E-state index contributed by atoms with van der Waals surface area (Å²) in [6.45, 7) is 6.26. The first kappa shape index (κ1) is 16.5. The molecular weight excluding hydrogens is 298 g/mol. The van der Waals surface area contributed by atoms with Crippen LogP contribution < -0.4 is 9.46 Å². The molecule has 2 aromatic rings. The number of aryl methyl sites for hydroxylation is 1. The lowest BCUT2D eigenvalue weighted by molar-refractivity contribution is 0.340. The number of nitrogens with one attached hydrogen (secondary N) is 1. The van der Waals surface area contributed by atoms with E-state index in [2.05, 4.69) is 4.72 Å². The second-order valence-electron chi connectivity index (χ2n) is 5.16. The van der Waals surface area contributed by atoms with Gasteiger partial charge in [-0.05, 0) is 50.6 Å². The Labute approximate surface area is 132 Å². The zero-order valence-corrected chi connectivity index (χ0v) is 13.9. The molecule has 1 unspecified atom stereocenters. The van der Waals surface area contributed by atoms with E-state index in [1.165, 1.54) is 0 Å². The topological polar surface area (TPSA) is 55.4 Å². The molecule has 0 radical (unpaired) electrons. The van der Waals surface area contributed by atoms with Crippen molar-refractivity contribution >= 4 is 10.0 Å². The zero-order valence-electron chi connectivity index (χ0n) is 13.0. The molecule has 0 saturated carbocycles. The lowest BCUT2D eigenvalue weighted by atomic mass is 10.1. The molecule has 0 aliphatic rings. The van der Waals surface area contributed by atoms with Crippen molar-refractivity contribution in [2.45, 2.75) is 31.7 Å². The number of hydrogen-bond donors (Lipinski definition) is 1. The van der Waals surface area contributed by atoms with Gasteiger partial charge in [-0.25, -0.2) is 13.1 Å². The number of sulfonamides is 1. The summed E-state index contributed by atoms with van der Waals surface area (Å²) >= 11 is 0. The molecule has 1 atom stereocenters. The highest BCUT2D eigenvalue weighted by Gasteiger charge is 2.18. The van der Waals surface area contributed by atoms with Gasteiger partial charge < -0.3 is 4.74 Å². The van der Waals surface area contributed by atoms with Gasteiger partial charge in [0.05, 0.1) is 11.5 Å². The van der Waals surface area contributed by atoms with Crippen molar-refractivity contribution in [2.24, 2.45) is 0 Å². The Hall–Kier alpha value is -1.85. The van der Waals surface area contributed by atoms with Crippen LogP contribution in [0.15, 0.2) is 53.4 Å². The van der Waals surface area contributed by atoms with Crippen LogP contribution >= 0.6 is 0 Å². The maximum absolute atomic E-state index is 12.4. The standard InChI is InChI=1S/C17H21NO3S/c1-4-21-16-9-11-17(12-10-16)22(19,20)18-14(3)15-7-5-13(2)6-8-15/h5-12,14,18H,4H2,1-3H3. The molecule has 0 spiro atoms. The molecule has 0 aliphatic heterocycles. The van der Waals surface area contributed by atoms with Crippen molar-refractivity contribution in [3.8, 4) is 5.75 Å². The van der Waals surface area contributed by atoms with E-state index in [9.17, 15) is 8.42 Å². The molecule has 0 saturated heterocycles. The summed E-state index contributed by atoms with van der Waals surface area (Å²) in [6, 6.07) is 13.9. The summed E-state index contributed by atoms with van der Waals surface area (Å²) in [6.07, 6.45) is 0. The predicted octanol–water partition coefficient (Wildman–Crippen LogP) is 3.43. The predicted molar refractivity (Wildman–Crippen MR) is 87.5 cm³/mol. The van der Waals surface area contributed by atoms with E-state index >= 15 is 0 Å². The van der Waals surface area contributed by atoms with Gasteiger partial charge in [0.25, 0.3) is 0 Å². The van der Waals surface area contributed by atoms with Crippen LogP contribution in [0.4, 0.5) is 0 Å². The van der Waals surface area contributed by atoms with Crippen LogP contribution in [-0.2, 0) is 10.0 Å². The Morgan fingerprint density at radius 2 is 1.64 bits per heavy atom. The second kappa shape index (κ2) is 6.94. The van der Waals surface area contributed by atoms with Gasteiger partial charge >= 0.3 is 0 Å². The average molecular weight is 319 g/mol. The molecule has 1 N–H and O–H groups in total. The third-order valence-corrected chi connectivity index (χ3v) is 4.91. The minimum Gasteiger partial charge on any atom is -0.494 e. The summed E-state index contributed by atoms with van der Waals surface area (Å²) in [5, 5.41) is 0. The number of hydrogen-bond acceptors (Lipinski definition) is 3. The van der Waals surface area contributed by atoms with Gasteiger partial charge in [-0.3, -0.25) is 0 Å². The van der Waals surface area contributed by atoms with Gasteiger partial charge in [0.1, 0.15) is 5.75 Å². The SMILES string of the molecule is CCOc1ccc(S(=O)(=O)NC(C)c2ccc(C)cc2)cc1. The van der Waals surface area contributed by atoms with Gasteiger partial charge in [-0.2, -0.15) is 0 Å². The van der Waals surface area contributed by atoms with Crippen molar-refractivity contribution in [2.75, 3.05) is 6.61 Å². The minimum absolute atomic E-state index is 0.231. The lowest BCUT2D eigenvalue weighted by Gasteiger charge is -2.15. The number of ether oxygens (including phenoxy) is 1. The Morgan fingerprint density at radius 1 is 1.05 bits per heavy atom. The zero-order chi connectivity index (χ0) is 16.2. The molecular formula is C17H21NO3S. The van der Waals surface area contributed by atoms with Crippen molar-refractivity contribution < 1.29 is 13.2 Å². The summed E-state index contributed by atoms with van der Waals surface area (Å²) < 4.78 is 32.8. The molecule has 2 rings (SSSR count). The highest BCUT2D eigenvalue weighted by Crippen LogP contribution is 2.19. The molecule has 0 fully saturated rings. The first-order valence-corrected chi connectivity index (χ1v) is 8.72. The van der Waals surface area contributed by atoms with Crippen LogP contribution in [0.5, 0.6) is 5.75 Å². The average Bonchev–Trinajstić information content (AvgIpc) is 2.48. The molecule has 0 aromatic heterocycles. The van der Waals surface area contributed by atoms with Crippen molar-refractivity contribution in [3.05, 3.63) is 59.7 Å². The third kappa shape index (κ3) is 4.08. The lowest BCUT2D eigenvalue weighted by Crippen LogP contribution is -2.26. The van der Waals surface area contributed by atoms with Gasteiger partial charge in [-0.1, -0.05) is 29.8 Å². The molecule has 2 aromatic carbocycles. The highest BCUT2D eigenvalue weighted by molar-refractivity contribution is 7.89. The first-order chi connectivity index (χ1) is 10.4. The van der Waals surface area contributed by atoms with Gasteiger partial charge in [0.2, 0.25) is 10.0 Å². The van der Waals surface area contributed by atoms with Gasteiger partial charge in [0.15, 0.2) is 0 Å². The smallest absolute Gasteiger partial charge is 0.241 e. The van der Waals surface area contributed by atoms with Crippen molar-refractivity contribution in [3.63, 3.8) is 0 Å². The fourth-order valence-electron chi connectivity index (χ4n) is 2.11. The molecule has 0 bridgehead atoms. The molecule has 0 aliphatic carbocycles. The van der Waals surface area contributed by atoms with E-state index in [1.807, 2.05) is 45.0 Å². The van der Waals surface area contributed by atoms with E-state index in [1.54, 1.807) is 24.3 Å². The highest BCUT2D eigenvalue weighted by atomic mass is 32.2. The molecule has 0 heterocycles. The molecule has 0 amide bonds. The van der Waals surface area contributed by atoms with Gasteiger partial charge in [-0.15, -0.1) is 0 Å². The van der Waals surface area contributed by atoms with Gasteiger partial charge in [0, 0.05) is 6.04 Å². The van der Waals surface area contributed by atoms with Crippen LogP contribution in [0.25, 0.3) is 0 Å². The quantitative estimate of drug-likeness (QED) is 0.887. The summed E-state index contributed by atoms with van der Waals surface area (Å²) in [5.41, 5.74) is 2.07.